The van der Waals surface area contributed by atoms with E-state index in [1.807, 2.05) is 48.5 Å². The molecule has 1 aliphatic rings. The van der Waals surface area contributed by atoms with Crippen LogP contribution in [-0.2, 0) is 0 Å². The van der Waals surface area contributed by atoms with Gasteiger partial charge in [0.05, 0.1) is 13.3 Å². The minimum atomic E-state index is -0.215. The summed E-state index contributed by atoms with van der Waals surface area (Å²) in [6.07, 6.45) is 4.08. The molecule has 0 unspecified atom stereocenters. The van der Waals surface area contributed by atoms with E-state index in [4.69, 9.17) is 4.74 Å². The number of nitrogens with zero attached hydrogens (tertiary/aromatic N) is 2. The van der Waals surface area contributed by atoms with Crippen LogP contribution in [0.2, 0.25) is 0 Å². The van der Waals surface area contributed by atoms with E-state index in [0.717, 1.165) is 24.4 Å². The molecule has 0 saturated carbocycles. The van der Waals surface area contributed by atoms with Crippen LogP contribution in [0.4, 0.5) is 5.69 Å². The lowest BCUT2D eigenvalue weighted by molar-refractivity contribution is 0.0955. The van der Waals surface area contributed by atoms with Gasteiger partial charge in [-0.3, -0.25) is 4.79 Å². The van der Waals surface area contributed by atoms with Crippen LogP contribution in [0.25, 0.3) is 0 Å². The Labute approximate surface area is 141 Å². The van der Waals surface area contributed by atoms with Gasteiger partial charge in [-0.25, -0.2) is 5.43 Å². The quantitative estimate of drug-likeness (QED) is 0.679. The summed E-state index contributed by atoms with van der Waals surface area (Å²) in [5.41, 5.74) is 5.21. The molecule has 1 saturated heterocycles. The number of nitrogens with one attached hydrogen (secondary N) is 1. The van der Waals surface area contributed by atoms with Crippen molar-refractivity contribution in [2.45, 2.75) is 12.8 Å². The molecule has 1 N–H and O–H groups in total. The number of hydrazone groups is 1. The van der Waals surface area contributed by atoms with Crippen molar-refractivity contribution in [2.24, 2.45) is 5.10 Å². The minimum absolute atomic E-state index is 0.215. The predicted molar refractivity (Wildman–Crippen MR) is 95.9 cm³/mol. The Kier molecular flexibility index (Phi) is 5.11. The molecule has 0 radical (unpaired) electrons. The predicted octanol–water partition coefficient (Wildman–Crippen LogP) is 3.06. The van der Waals surface area contributed by atoms with Crippen molar-refractivity contribution >= 4 is 17.8 Å². The zero-order chi connectivity index (χ0) is 16.8. The van der Waals surface area contributed by atoms with E-state index >= 15 is 0 Å². The Bertz CT molecular complexity index is 702. The molecule has 1 amide bonds. The number of methoxy groups -OCH3 is 1. The maximum atomic E-state index is 12.1. The number of rotatable bonds is 5. The molecule has 5 nitrogen and oxygen atoms in total. The smallest absolute Gasteiger partial charge is 0.271 e. The topological polar surface area (TPSA) is 53.9 Å². The van der Waals surface area contributed by atoms with E-state index in [-0.39, 0.29) is 5.91 Å². The average Bonchev–Trinajstić information content (AvgIpc) is 3.17. The van der Waals surface area contributed by atoms with Gasteiger partial charge in [-0.15, -0.1) is 0 Å². The number of anilines is 1. The van der Waals surface area contributed by atoms with Crippen molar-refractivity contribution in [3.8, 4) is 5.75 Å². The highest BCUT2D eigenvalue weighted by Crippen LogP contribution is 2.20. The average molecular weight is 323 g/mol. The molecule has 0 aliphatic carbocycles. The van der Waals surface area contributed by atoms with Gasteiger partial charge in [0.1, 0.15) is 5.75 Å². The summed E-state index contributed by atoms with van der Waals surface area (Å²) >= 11 is 0. The summed E-state index contributed by atoms with van der Waals surface area (Å²) in [5.74, 6) is 0.571. The SMILES string of the molecule is COc1ccc(/C=N\NC(=O)c2ccc(N3CCCC3)cc2)cc1. The fourth-order valence-corrected chi connectivity index (χ4v) is 2.72. The number of carbonyl (C=O) groups excluding carboxylic acids is 1. The molecular formula is C19H21N3O2. The van der Waals surface area contributed by atoms with Crippen molar-refractivity contribution in [2.75, 3.05) is 25.1 Å². The number of hydrogen-bond acceptors (Lipinski definition) is 4. The van der Waals surface area contributed by atoms with Crippen molar-refractivity contribution in [1.82, 2.24) is 5.43 Å². The highest BCUT2D eigenvalue weighted by atomic mass is 16.5. The molecule has 124 valence electrons. The largest absolute Gasteiger partial charge is 0.497 e. The van der Waals surface area contributed by atoms with Crippen LogP contribution in [-0.4, -0.2) is 32.3 Å². The molecule has 0 spiro atoms. The van der Waals surface area contributed by atoms with Gasteiger partial charge in [0.25, 0.3) is 5.91 Å². The number of ether oxygens (including phenoxy) is 1. The van der Waals surface area contributed by atoms with Gasteiger partial charge in [0, 0.05) is 24.3 Å². The molecule has 1 aliphatic heterocycles. The molecule has 0 aromatic heterocycles. The van der Waals surface area contributed by atoms with Crippen LogP contribution in [0.3, 0.4) is 0 Å². The van der Waals surface area contributed by atoms with Crippen LogP contribution in [0.1, 0.15) is 28.8 Å². The van der Waals surface area contributed by atoms with Gasteiger partial charge in [-0.1, -0.05) is 0 Å². The monoisotopic (exact) mass is 323 g/mol. The molecule has 1 heterocycles. The van der Waals surface area contributed by atoms with Crippen LogP contribution in [0.15, 0.2) is 53.6 Å². The molecule has 3 rings (SSSR count). The van der Waals surface area contributed by atoms with Crippen molar-refractivity contribution in [3.05, 3.63) is 59.7 Å². The maximum Gasteiger partial charge on any atom is 0.271 e. The molecule has 0 atom stereocenters. The third-order valence-electron chi connectivity index (χ3n) is 4.10. The highest BCUT2D eigenvalue weighted by molar-refractivity contribution is 5.95. The van der Waals surface area contributed by atoms with Gasteiger partial charge in [0.2, 0.25) is 0 Å². The number of carbonyl (C=O) groups is 1. The number of amides is 1. The summed E-state index contributed by atoms with van der Waals surface area (Å²) in [4.78, 5) is 14.4. The lowest BCUT2D eigenvalue weighted by atomic mass is 10.2. The van der Waals surface area contributed by atoms with E-state index in [9.17, 15) is 4.79 Å². The number of benzene rings is 2. The minimum Gasteiger partial charge on any atom is -0.497 e. The second kappa shape index (κ2) is 7.64. The van der Waals surface area contributed by atoms with Crippen LogP contribution in [0.5, 0.6) is 5.75 Å². The first kappa shape index (κ1) is 16.1. The Morgan fingerprint density at radius 1 is 1.08 bits per heavy atom. The second-order valence-electron chi connectivity index (χ2n) is 5.71. The molecule has 1 fully saturated rings. The van der Waals surface area contributed by atoms with Crippen molar-refractivity contribution in [1.29, 1.82) is 0 Å². The zero-order valence-electron chi connectivity index (χ0n) is 13.7. The Morgan fingerprint density at radius 2 is 1.75 bits per heavy atom. The Balaban J connectivity index is 1.56. The number of hydrogen-bond donors (Lipinski definition) is 1. The second-order valence-corrected chi connectivity index (χ2v) is 5.71. The first-order valence-electron chi connectivity index (χ1n) is 8.09. The highest BCUT2D eigenvalue weighted by Gasteiger charge is 2.12. The summed E-state index contributed by atoms with van der Waals surface area (Å²) < 4.78 is 5.10. The first-order valence-corrected chi connectivity index (χ1v) is 8.09. The summed E-state index contributed by atoms with van der Waals surface area (Å²) in [6.45, 7) is 2.19. The molecule has 0 bridgehead atoms. The fraction of sp³-hybridized carbons (Fsp3) is 0.263. The fourth-order valence-electron chi connectivity index (χ4n) is 2.72. The summed E-state index contributed by atoms with van der Waals surface area (Å²) in [6, 6.07) is 15.1. The van der Waals surface area contributed by atoms with Gasteiger partial charge in [-0.05, 0) is 66.9 Å². The van der Waals surface area contributed by atoms with Gasteiger partial charge in [0.15, 0.2) is 0 Å². The van der Waals surface area contributed by atoms with Crippen LogP contribution >= 0.6 is 0 Å². The van der Waals surface area contributed by atoms with Gasteiger partial charge in [-0.2, -0.15) is 5.10 Å². The van der Waals surface area contributed by atoms with E-state index in [0.29, 0.717) is 5.56 Å². The van der Waals surface area contributed by atoms with E-state index < -0.39 is 0 Å². The third kappa shape index (κ3) is 3.93. The molecule has 2 aromatic rings. The van der Waals surface area contributed by atoms with Crippen molar-refractivity contribution < 1.29 is 9.53 Å². The molecular weight excluding hydrogens is 302 g/mol. The Hall–Kier alpha value is -2.82. The molecule has 5 heteroatoms. The van der Waals surface area contributed by atoms with E-state index in [2.05, 4.69) is 15.4 Å². The summed E-state index contributed by atoms with van der Waals surface area (Å²) in [5, 5.41) is 4.00. The van der Waals surface area contributed by atoms with Gasteiger partial charge < -0.3 is 9.64 Å². The third-order valence-corrected chi connectivity index (χ3v) is 4.10. The van der Waals surface area contributed by atoms with Crippen molar-refractivity contribution in [3.63, 3.8) is 0 Å². The van der Waals surface area contributed by atoms with Gasteiger partial charge >= 0.3 is 0 Å². The maximum absolute atomic E-state index is 12.1. The van der Waals surface area contributed by atoms with Crippen LogP contribution in [0, 0.1) is 0 Å². The molecule has 2 aromatic carbocycles. The van der Waals surface area contributed by atoms with Crippen LogP contribution < -0.4 is 15.1 Å². The molecule has 24 heavy (non-hydrogen) atoms. The normalized spacial score (nSPS) is 14.1. The lowest BCUT2D eigenvalue weighted by Crippen LogP contribution is -2.19. The zero-order valence-corrected chi connectivity index (χ0v) is 13.7. The van der Waals surface area contributed by atoms with E-state index in [1.165, 1.54) is 18.5 Å². The summed E-state index contributed by atoms with van der Waals surface area (Å²) in [7, 11) is 1.62. The Morgan fingerprint density at radius 3 is 2.38 bits per heavy atom. The lowest BCUT2D eigenvalue weighted by Gasteiger charge is -2.17. The van der Waals surface area contributed by atoms with E-state index in [1.54, 1.807) is 13.3 Å². The standard InChI is InChI=1S/C19H21N3O2/c1-24-18-10-4-15(5-11-18)14-20-21-19(23)16-6-8-17(9-7-16)22-12-2-3-13-22/h4-11,14H,2-3,12-13H2,1H3,(H,21,23)/b20-14-. The first-order chi connectivity index (χ1) is 11.8.